The van der Waals surface area contributed by atoms with Crippen molar-refractivity contribution in [3.05, 3.63) is 54.1 Å². The quantitative estimate of drug-likeness (QED) is 0.462. The third-order valence-corrected chi connectivity index (χ3v) is 4.96. The second kappa shape index (κ2) is 8.36. The van der Waals surface area contributed by atoms with Crippen molar-refractivity contribution in [3.63, 3.8) is 0 Å². The van der Waals surface area contributed by atoms with E-state index in [9.17, 15) is 14.4 Å². The smallest absolute Gasteiger partial charge is 0.338 e. The normalized spacial score (nSPS) is 15.0. The number of hydrogen-bond acceptors (Lipinski definition) is 5. The van der Waals surface area contributed by atoms with Gasteiger partial charge in [0.15, 0.2) is 0 Å². The van der Waals surface area contributed by atoms with Crippen molar-refractivity contribution in [2.75, 3.05) is 17.2 Å². The third kappa shape index (κ3) is 3.89. The molecule has 1 atom stereocenters. The van der Waals surface area contributed by atoms with Crippen molar-refractivity contribution < 1.29 is 19.1 Å². The molecule has 0 saturated heterocycles. The molecule has 3 aromatic rings. The van der Waals surface area contributed by atoms with Gasteiger partial charge in [-0.2, -0.15) is 0 Å². The molecule has 0 aliphatic carbocycles. The fraction of sp³-hybridized carbons (Fsp3) is 0.273. The Hall–Kier alpha value is -3.68. The Kier molecular flexibility index (Phi) is 5.47. The number of ether oxygens (including phenoxy) is 1. The zero-order valence-corrected chi connectivity index (χ0v) is 16.6. The highest BCUT2D eigenvalue weighted by molar-refractivity contribution is 6.03. The van der Waals surface area contributed by atoms with Gasteiger partial charge < -0.3 is 10.1 Å². The number of carbonyl (C=O) groups excluding carboxylic acids is 3. The average molecular weight is 406 g/mol. The number of para-hydroxylation sites is 2. The fourth-order valence-corrected chi connectivity index (χ4v) is 3.41. The summed E-state index contributed by atoms with van der Waals surface area (Å²) in [6.07, 6.45) is 1.75. The van der Waals surface area contributed by atoms with Gasteiger partial charge in [0.1, 0.15) is 6.04 Å². The summed E-state index contributed by atoms with van der Waals surface area (Å²) in [7, 11) is 0. The van der Waals surface area contributed by atoms with E-state index in [1.165, 1.54) is 0 Å². The topological polar surface area (TPSA) is 102 Å². The average Bonchev–Trinajstić information content (AvgIpc) is 3.24. The number of amides is 2. The Morgan fingerprint density at radius 1 is 1.17 bits per heavy atom. The number of aromatic nitrogens is 2. The Balaban J connectivity index is 1.41. The lowest BCUT2D eigenvalue weighted by atomic mass is 10.1. The molecular weight excluding hydrogens is 384 g/mol. The molecule has 1 aromatic heterocycles. The first-order valence-electron chi connectivity index (χ1n) is 9.91. The second-order valence-corrected chi connectivity index (χ2v) is 7.12. The van der Waals surface area contributed by atoms with Crippen LogP contribution in [0.1, 0.15) is 42.6 Å². The molecule has 0 saturated carbocycles. The number of anilines is 2. The first kappa shape index (κ1) is 19.6. The van der Waals surface area contributed by atoms with Gasteiger partial charge in [0, 0.05) is 5.69 Å². The molecule has 4 rings (SSSR count). The number of rotatable bonds is 7. The van der Waals surface area contributed by atoms with E-state index in [-0.39, 0.29) is 24.2 Å². The van der Waals surface area contributed by atoms with Crippen molar-refractivity contribution in [1.82, 2.24) is 9.55 Å². The molecular formula is C22H22N4O4. The number of fused-ring (bicyclic) bond motifs is 3. The Labute approximate surface area is 173 Å². The standard InChI is InChI=1S/C22H22N4O4/c1-2-3-12-30-21(29)14-8-10-15(11-9-14)23-19(27)13-18-20(28)25-22-24-16-6-4-5-7-17(16)26(18)22/h4-11,18H,2-3,12-13H2,1H3,(H,23,27)(H,24,25,28)/t18-/m1/s1. The SMILES string of the molecule is CCCCOC(=O)c1ccc(NC(=O)C[C@@H]2C(=O)Nc3nc4ccccc4n32)cc1. The number of esters is 1. The van der Waals surface area contributed by atoms with Gasteiger partial charge in [-0.05, 0) is 42.8 Å². The maximum atomic E-state index is 12.6. The van der Waals surface area contributed by atoms with Gasteiger partial charge in [-0.15, -0.1) is 0 Å². The molecule has 8 nitrogen and oxygen atoms in total. The largest absolute Gasteiger partial charge is 0.462 e. The zero-order chi connectivity index (χ0) is 21.1. The molecule has 30 heavy (non-hydrogen) atoms. The van der Waals surface area contributed by atoms with Crippen LogP contribution in [0.3, 0.4) is 0 Å². The molecule has 0 fully saturated rings. The van der Waals surface area contributed by atoms with Gasteiger partial charge >= 0.3 is 5.97 Å². The highest BCUT2D eigenvalue weighted by atomic mass is 16.5. The van der Waals surface area contributed by atoms with Crippen molar-refractivity contribution in [1.29, 1.82) is 0 Å². The summed E-state index contributed by atoms with van der Waals surface area (Å²) in [5.41, 5.74) is 2.53. The van der Waals surface area contributed by atoms with E-state index in [0.29, 0.717) is 23.8 Å². The van der Waals surface area contributed by atoms with Gasteiger partial charge in [-0.25, -0.2) is 9.78 Å². The van der Waals surface area contributed by atoms with Crippen molar-refractivity contribution in [2.24, 2.45) is 0 Å². The van der Waals surface area contributed by atoms with Crippen molar-refractivity contribution in [2.45, 2.75) is 32.2 Å². The predicted molar refractivity (Wildman–Crippen MR) is 112 cm³/mol. The predicted octanol–water partition coefficient (Wildman–Crippen LogP) is 3.52. The van der Waals surface area contributed by atoms with Crippen molar-refractivity contribution >= 4 is 40.5 Å². The minimum Gasteiger partial charge on any atom is -0.462 e. The summed E-state index contributed by atoms with van der Waals surface area (Å²) in [6, 6.07) is 13.3. The van der Waals surface area contributed by atoms with Crippen LogP contribution in [0.15, 0.2) is 48.5 Å². The molecule has 2 heterocycles. The zero-order valence-electron chi connectivity index (χ0n) is 16.6. The first-order chi connectivity index (χ1) is 14.6. The second-order valence-electron chi connectivity index (χ2n) is 7.12. The van der Waals surface area contributed by atoms with Crippen LogP contribution in [-0.4, -0.2) is 33.9 Å². The Morgan fingerprint density at radius 2 is 1.93 bits per heavy atom. The van der Waals surface area contributed by atoms with Crippen LogP contribution in [0, 0.1) is 0 Å². The molecule has 2 N–H and O–H groups in total. The number of unbranched alkanes of at least 4 members (excludes halogenated alkanes) is 1. The summed E-state index contributed by atoms with van der Waals surface area (Å²) in [5.74, 6) is -0.504. The van der Waals surface area contributed by atoms with Crippen LogP contribution in [0.25, 0.3) is 11.0 Å². The summed E-state index contributed by atoms with van der Waals surface area (Å²) in [5, 5.41) is 5.50. The number of imidazole rings is 1. The summed E-state index contributed by atoms with van der Waals surface area (Å²) in [4.78, 5) is 41.3. The first-order valence-corrected chi connectivity index (χ1v) is 9.91. The third-order valence-electron chi connectivity index (χ3n) is 4.96. The van der Waals surface area contributed by atoms with Crippen LogP contribution in [0.5, 0.6) is 0 Å². The maximum absolute atomic E-state index is 12.6. The van der Waals surface area contributed by atoms with E-state index in [4.69, 9.17) is 4.74 Å². The van der Waals surface area contributed by atoms with Crippen LogP contribution < -0.4 is 10.6 Å². The lowest BCUT2D eigenvalue weighted by Gasteiger charge is -2.12. The fourth-order valence-electron chi connectivity index (χ4n) is 3.41. The van der Waals surface area contributed by atoms with E-state index >= 15 is 0 Å². The molecule has 8 heteroatoms. The number of nitrogens with one attached hydrogen (secondary N) is 2. The highest BCUT2D eigenvalue weighted by Gasteiger charge is 2.34. The summed E-state index contributed by atoms with van der Waals surface area (Å²) < 4.78 is 6.93. The molecule has 2 amide bonds. The van der Waals surface area contributed by atoms with E-state index < -0.39 is 6.04 Å². The minimum absolute atomic E-state index is 0.0278. The van der Waals surface area contributed by atoms with Gasteiger partial charge in [0.25, 0.3) is 0 Å². The molecule has 0 bridgehead atoms. The summed E-state index contributed by atoms with van der Waals surface area (Å²) in [6.45, 7) is 2.42. The molecule has 0 radical (unpaired) electrons. The van der Waals surface area contributed by atoms with Crippen LogP contribution >= 0.6 is 0 Å². The molecule has 154 valence electrons. The van der Waals surface area contributed by atoms with Gasteiger partial charge in [0.05, 0.1) is 29.6 Å². The number of benzene rings is 2. The molecule has 0 unspecified atom stereocenters. The highest BCUT2D eigenvalue weighted by Crippen LogP contribution is 2.32. The Morgan fingerprint density at radius 3 is 2.70 bits per heavy atom. The van der Waals surface area contributed by atoms with E-state index in [1.54, 1.807) is 28.8 Å². The molecule has 1 aliphatic rings. The summed E-state index contributed by atoms with van der Waals surface area (Å²) >= 11 is 0. The van der Waals surface area contributed by atoms with E-state index in [1.807, 2.05) is 31.2 Å². The van der Waals surface area contributed by atoms with Crippen LogP contribution in [0.2, 0.25) is 0 Å². The van der Waals surface area contributed by atoms with Crippen molar-refractivity contribution in [3.8, 4) is 0 Å². The van der Waals surface area contributed by atoms with Crippen LogP contribution in [0.4, 0.5) is 11.6 Å². The van der Waals surface area contributed by atoms with E-state index in [0.717, 1.165) is 23.9 Å². The monoisotopic (exact) mass is 406 g/mol. The van der Waals surface area contributed by atoms with Crippen LogP contribution in [-0.2, 0) is 14.3 Å². The Bertz CT molecular complexity index is 1100. The number of carbonyl (C=O) groups is 3. The van der Waals surface area contributed by atoms with Gasteiger partial charge in [-0.3, -0.25) is 19.5 Å². The van der Waals surface area contributed by atoms with Gasteiger partial charge in [0.2, 0.25) is 17.8 Å². The minimum atomic E-state index is -0.666. The number of hydrogen-bond donors (Lipinski definition) is 2. The lowest BCUT2D eigenvalue weighted by Crippen LogP contribution is -2.23. The molecule has 2 aromatic carbocycles. The maximum Gasteiger partial charge on any atom is 0.338 e. The molecule has 1 aliphatic heterocycles. The number of nitrogens with zero attached hydrogens (tertiary/aromatic N) is 2. The van der Waals surface area contributed by atoms with Gasteiger partial charge in [-0.1, -0.05) is 25.5 Å². The lowest BCUT2D eigenvalue weighted by molar-refractivity contribution is -0.123. The molecule has 0 spiro atoms. The van der Waals surface area contributed by atoms with E-state index in [2.05, 4.69) is 15.6 Å².